The summed E-state index contributed by atoms with van der Waals surface area (Å²) in [5.41, 5.74) is 3.18. The molecule has 0 aliphatic rings. The fourth-order valence-electron chi connectivity index (χ4n) is 3.13. The van der Waals surface area contributed by atoms with Gasteiger partial charge in [0.2, 0.25) is 5.91 Å². The smallest absolute Gasteiger partial charge is 0.412 e. The van der Waals surface area contributed by atoms with Crippen molar-refractivity contribution in [2.75, 3.05) is 5.32 Å². The van der Waals surface area contributed by atoms with Crippen LogP contribution in [0, 0.1) is 6.92 Å². The lowest BCUT2D eigenvalue weighted by Crippen LogP contribution is -2.34. The molecule has 11 heteroatoms. The summed E-state index contributed by atoms with van der Waals surface area (Å²) >= 11 is 7.49. The molecule has 3 N–H and O–H groups in total. The minimum absolute atomic E-state index is 0.373. The van der Waals surface area contributed by atoms with E-state index >= 15 is 0 Å². The topological polar surface area (TPSA) is 131 Å². The number of nitrogens with zero attached hydrogens (tertiary/aromatic N) is 1. The third-order valence-corrected chi connectivity index (χ3v) is 6.59. The average Bonchev–Trinajstić information content (AvgIpc) is 3.17. The molecule has 0 radical (unpaired) electrons. The largest absolute Gasteiger partial charge is 0.465 e. The summed E-state index contributed by atoms with van der Waals surface area (Å²) in [6.45, 7) is 5.07. The van der Waals surface area contributed by atoms with Gasteiger partial charge < -0.3 is 14.4 Å². The van der Waals surface area contributed by atoms with Crippen LogP contribution in [-0.2, 0) is 15.3 Å². The summed E-state index contributed by atoms with van der Waals surface area (Å²) in [5, 5.41) is 17.1. The van der Waals surface area contributed by atoms with Gasteiger partial charge in [-0.2, -0.15) is 0 Å². The fraction of sp³-hybridized carbons (Fsp3) is 0.250. The molecule has 0 bridgehead atoms. The van der Waals surface area contributed by atoms with E-state index < -0.39 is 29.4 Å². The number of benzene rings is 2. The van der Waals surface area contributed by atoms with Gasteiger partial charge in [-0.25, -0.2) is 9.59 Å². The van der Waals surface area contributed by atoms with E-state index in [0.29, 0.717) is 39.0 Å². The highest BCUT2D eigenvalue weighted by Gasteiger charge is 2.21. The van der Waals surface area contributed by atoms with Crippen molar-refractivity contribution in [1.82, 2.24) is 10.5 Å². The van der Waals surface area contributed by atoms with Crippen LogP contribution in [0.5, 0.6) is 0 Å². The Bertz CT molecular complexity index is 1210. The molecule has 0 spiro atoms. The van der Waals surface area contributed by atoms with Crippen LogP contribution in [0.25, 0.3) is 11.3 Å². The summed E-state index contributed by atoms with van der Waals surface area (Å²) in [4.78, 5) is 34.9. The van der Waals surface area contributed by atoms with E-state index in [0.717, 1.165) is 5.56 Å². The first-order chi connectivity index (χ1) is 16.7. The molecule has 184 valence electrons. The number of ether oxygens (including phenoxy) is 1. The van der Waals surface area contributed by atoms with Crippen LogP contribution in [0.3, 0.4) is 0 Å². The minimum atomic E-state index is -1.37. The Morgan fingerprint density at radius 3 is 2.49 bits per heavy atom. The molecule has 1 heterocycles. The normalized spacial score (nSPS) is 12.5. The average molecular weight is 518 g/mol. The van der Waals surface area contributed by atoms with Gasteiger partial charge in [-0.3, -0.25) is 15.4 Å². The Hall–Kier alpha value is -3.50. The standard InChI is InChI=1S/C24H24ClN3O6S/c1-13-20(26-24(32)33-14(2)18-6-4-5-7-19(18)25)21(34-28-13)17-10-8-16(9-11-17)12-35-15(3)22(29)27-23(30)31/h4-11,14-15H,12H2,1-3H3,(H,26,32)(H,27,29)(H,30,31). The Morgan fingerprint density at radius 2 is 1.83 bits per heavy atom. The Kier molecular flexibility index (Phi) is 8.78. The molecular formula is C24H24ClN3O6S. The number of aryl methyl sites for hydroxylation is 1. The number of halogens is 1. The van der Waals surface area contributed by atoms with Crippen LogP contribution in [0.1, 0.15) is 36.8 Å². The number of hydrogen-bond acceptors (Lipinski definition) is 7. The van der Waals surface area contributed by atoms with Crippen molar-refractivity contribution in [3.63, 3.8) is 0 Å². The van der Waals surface area contributed by atoms with E-state index in [1.165, 1.54) is 11.8 Å². The quantitative estimate of drug-likeness (QED) is 0.330. The van der Waals surface area contributed by atoms with Crippen molar-refractivity contribution < 1.29 is 28.8 Å². The van der Waals surface area contributed by atoms with Gasteiger partial charge in [-0.05, 0) is 32.4 Å². The van der Waals surface area contributed by atoms with E-state index in [2.05, 4.69) is 10.5 Å². The fourth-order valence-corrected chi connectivity index (χ4v) is 4.27. The molecule has 2 atom stereocenters. The molecule has 0 fully saturated rings. The van der Waals surface area contributed by atoms with Gasteiger partial charge >= 0.3 is 12.2 Å². The SMILES string of the molecule is Cc1noc(-c2ccc(CSC(C)C(=O)NC(=O)O)cc2)c1NC(=O)OC(C)c1ccccc1Cl. The molecule has 2 unspecified atom stereocenters. The monoisotopic (exact) mass is 517 g/mol. The summed E-state index contributed by atoms with van der Waals surface area (Å²) < 4.78 is 10.9. The lowest BCUT2D eigenvalue weighted by Gasteiger charge is -2.15. The molecule has 0 saturated heterocycles. The van der Waals surface area contributed by atoms with E-state index in [-0.39, 0.29) is 0 Å². The number of imide groups is 1. The zero-order valence-corrected chi connectivity index (χ0v) is 20.8. The van der Waals surface area contributed by atoms with Crippen LogP contribution in [0.15, 0.2) is 53.1 Å². The van der Waals surface area contributed by atoms with Gasteiger partial charge in [0, 0.05) is 21.9 Å². The van der Waals surface area contributed by atoms with Crippen LogP contribution in [-0.4, -0.2) is 33.6 Å². The highest BCUT2D eigenvalue weighted by Crippen LogP contribution is 2.32. The number of amides is 3. The van der Waals surface area contributed by atoms with Gasteiger partial charge in [0.1, 0.15) is 17.5 Å². The first-order valence-electron chi connectivity index (χ1n) is 10.6. The summed E-state index contributed by atoms with van der Waals surface area (Å²) in [6.07, 6.45) is -2.61. The van der Waals surface area contributed by atoms with Crippen molar-refractivity contribution in [1.29, 1.82) is 0 Å². The second kappa shape index (κ2) is 11.8. The van der Waals surface area contributed by atoms with Crippen molar-refractivity contribution >= 4 is 47.1 Å². The number of rotatable bonds is 8. The van der Waals surface area contributed by atoms with Crippen LogP contribution < -0.4 is 10.6 Å². The summed E-state index contributed by atoms with van der Waals surface area (Å²) in [7, 11) is 0. The predicted octanol–water partition coefficient (Wildman–Crippen LogP) is 6.03. The number of hydrogen-bond donors (Lipinski definition) is 3. The molecule has 0 aliphatic carbocycles. The molecule has 3 aromatic rings. The van der Waals surface area contributed by atoms with Gasteiger partial charge in [0.05, 0.1) is 5.25 Å². The van der Waals surface area contributed by atoms with Crippen LogP contribution >= 0.6 is 23.4 Å². The van der Waals surface area contributed by atoms with Gasteiger partial charge in [-0.15, -0.1) is 11.8 Å². The number of nitrogens with one attached hydrogen (secondary N) is 2. The predicted molar refractivity (Wildman–Crippen MR) is 134 cm³/mol. The van der Waals surface area contributed by atoms with Crippen LogP contribution in [0.2, 0.25) is 5.02 Å². The Balaban J connectivity index is 1.64. The highest BCUT2D eigenvalue weighted by molar-refractivity contribution is 7.99. The number of anilines is 1. The van der Waals surface area contributed by atoms with Crippen LogP contribution in [0.4, 0.5) is 15.3 Å². The number of thioether (sulfide) groups is 1. The number of carboxylic acid groups (broad SMARTS) is 1. The highest BCUT2D eigenvalue weighted by atomic mass is 35.5. The molecule has 0 aliphatic heterocycles. The molecule has 3 amide bonds. The van der Waals surface area contributed by atoms with E-state index in [4.69, 9.17) is 26.0 Å². The van der Waals surface area contributed by atoms with E-state index in [1.54, 1.807) is 51.1 Å². The van der Waals surface area contributed by atoms with E-state index in [9.17, 15) is 14.4 Å². The zero-order valence-electron chi connectivity index (χ0n) is 19.2. The lowest BCUT2D eigenvalue weighted by molar-refractivity contribution is -0.119. The second-order valence-electron chi connectivity index (χ2n) is 7.61. The van der Waals surface area contributed by atoms with Gasteiger partial charge in [0.25, 0.3) is 0 Å². The third kappa shape index (κ3) is 7.00. The maximum atomic E-state index is 12.5. The Morgan fingerprint density at radius 1 is 1.14 bits per heavy atom. The van der Waals surface area contributed by atoms with Crippen molar-refractivity contribution in [2.45, 2.75) is 37.9 Å². The van der Waals surface area contributed by atoms with E-state index in [1.807, 2.05) is 23.5 Å². The maximum absolute atomic E-state index is 12.5. The molecule has 2 aromatic carbocycles. The first kappa shape index (κ1) is 26.1. The summed E-state index contributed by atoms with van der Waals surface area (Å²) in [5.74, 6) is 0.308. The second-order valence-corrected chi connectivity index (χ2v) is 9.35. The Labute approximate surface area is 211 Å². The molecular weight excluding hydrogens is 494 g/mol. The lowest BCUT2D eigenvalue weighted by atomic mass is 10.1. The number of carbonyl (C=O) groups excluding carboxylic acids is 2. The molecule has 35 heavy (non-hydrogen) atoms. The first-order valence-corrected chi connectivity index (χ1v) is 12.0. The minimum Gasteiger partial charge on any atom is -0.465 e. The van der Waals surface area contributed by atoms with Crippen molar-refractivity contribution in [2.24, 2.45) is 0 Å². The van der Waals surface area contributed by atoms with Gasteiger partial charge in [-0.1, -0.05) is 59.2 Å². The maximum Gasteiger partial charge on any atom is 0.412 e. The van der Waals surface area contributed by atoms with Crippen molar-refractivity contribution in [3.05, 3.63) is 70.4 Å². The molecule has 3 rings (SSSR count). The third-order valence-electron chi connectivity index (χ3n) is 5.03. The van der Waals surface area contributed by atoms with Crippen molar-refractivity contribution in [3.8, 4) is 11.3 Å². The molecule has 9 nitrogen and oxygen atoms in total. The number of aromatic nitrogens is 1. The molecule has 0 saturated carbocycles. The number of carbonyl (C=O) groups is 3. The zero-order chi connectivity index (χ0) is 25.5. The molecule has 1 aromatic heterocycles. The summed E-state index contributed by atoms with van der Waals surface area (Å²) in [6, 6.07) is 14.4. The van der Waals surface area contributed by atoms with Gasteiger partial charge in [0.15, 0.2) is 5.76 Å².